The molecule has 1 heterocycles. The third kappa shape index (κ3) is 5.67. The summed E-state index contributed by atoms with van der Waals surface area (Å²) < 4.78 is 7.99. The maximum atomic E-state index is 12.1. The van der Waals surface area contributed by atoms with Gasteiger partial charge in [0.15, 0.2) is 5.78 Å². The second-order valence-corrected chi connectivity index (χ2v) is 7.87. The number of halogens is 3. The Morgan fingerprint density at radius 2 is 1.62 bits per heavy atom. The van der Waals surface area contributed by atoms with Gasteiger partial charge in [0.25, 0.3) is 11.8 Å². The van der Waals surface area contributed by atoms with Crippen molar-refractivity contribution in [3.63, 3.8) is 0 Å². The summed E-state index contributed by atoms with van der Waals surface area (Å²) in [5.41, 5.74) is 0.676. The van der Waals surface area contributed by atoms with Crippen LogP contribution in [-0.2, 0) is 19.1 Å². The van der Waals surface area contributed by atoms with Crippen molar-refractivity contribution in [2.45, 2.75) is 10.2 Å². The number of alkyl halides is 3. The lowest BCUT2D eigenvalue weighted by Gasteiger charge is -2.13. The molecule has 10 heteroatoms. The van der Waals surface area contributed by atoms with Crippen LogP contribution in [0.4, 0.5) is 0 Å². The van der Waals surface area contributed by atoms with Crippen LogP contribution in [0, 0.1) is 0 Å². The Morgan fingerprint density at radius 3 is 2.15 bits per heavy atom. The first-order chi connectivity index (χ1) is 12.2. The van der Waals surface area contributed by atoms with Gasteiger partial charge in [-0.3, -0.25) is 24.1 Å². The van der Waals surface area contributed by atoms with Crippen LogP contribution in [0.25, 0.3) is 0 Å². The number of hydrogen-bond donors (Lipinski definition) is 0. The van der Waals surface area contributed by atoms with E-state index in [1.165, 1.54) is 0 Å². The lowest BCUT2D eigenvalue weighted by atomic mass is 10.1. The highest BCUT2D eigenvalue weighted by Crippen LogP contribution is 2.26. The molecule has 0 aromatic heterocycles. The molecule has 1 aromatic rings. The van der Waals surface area contributed by atoms with Gasteiger partial charge in [0.2, 0.25) is 3.79 Å². The van der Waals surface area contributed by atoms with Crippen LogP contribution in [0.2, 0.25) is 0 Å². The van der Waals surface area contributed by atoms with Crippen molar-refractivity contribution >= 4 is 58.4 Å². The number of Topliss-reactive ketones (excluding diaryl/α,β-unsaturated/α-hetero) is 1. The van der Waals surface area contributed by atoms with E-state index >= 15 is 0 Å². The predicted molar refractivity (Wildman–Crippen MR) is 93.5 cm³/mol. The zero-order chi connectivity index (χ0) is 19.3. The quantitative estimate of drug-likeness (QED) is 0.210. The van der Waals surface area contributed by atoms with E-state index in [9.17, 15) is 19.2 Å². The van der Waals surface area contributed by atoms with Crippen LogP contribution in [0.15, 0.2) is 24.3 Å². The molecule has 1 aliphatic rings. The highest BCUT2D eigenvalue weighted by atomic mass is 35.6. The SMILES string of the molecule is O=C(COCCN1C(=O)c2ccccc2C1=O)CC(=O)OCC(Cl)(Cl)Cl. The Kier molecular flexibility index (Phi) is 7.00. The molecular formula is C16H14Cl3NO6. The number of imide groups is 1. The maximum absolute atomic E-state index is 12.1. The first-order valence-electron chi connectivity index (χ1n) is 7.46. The van der Waals surface area contributed by atoms with E-state index in [4.69, 9.17) is 39.5 Å². The molecule has 1 aromatic carbocycles. The molecule has 140 valence electrons. The highest BCUT2D eigenvalue weighted by molar-refractivity contribution is 6.67. The maximum Gasteiger partial charge on any atom is 0.313 e. The molecule has 0 fully saturated rings. The monoisotopic (exact) mass is 421 g/mol. The lowest BCUT2D eigenvalue weighted by molar-refractivity contribution is -0.146. The average molecular weight is 423 g/mol. The van der Waals surface area contributed by atoms with Gasteiger partial charge in [-0.25, -0.2) is 0 Å². The Morgan fingerprint density at radius 1 is 1.04 bits per heavy atom. The Hall–Kier alpha value is -1.67. The Labute approximate surface area is 164 Å². The van der Waals surface area contributed by atoms with Crippen LogP contribution in [0.3, 0.4) is 0 Å². The van der Waals surface area contributed by atoms with Gasteiger partial charge in [-0.1, -0.05) is 46.9 Å². The summed E-state index contributed by atoms with van der Waals surface area (Å²) in [6.07, 6.45) is -0.534. The van der Waals surface area contributed by atoms with Crippen molar-refractivity contribution in [1.82, 2.24) is 4.90 Å². The second kappa shape index (κ2) is 8.81. The minimum atomic E-state index is -1.75. The van der Waals surface area contributed by atoms with Crippen LogP contribution in [-0.4, -0.2) is 58.6 Å². The second-order valence-electron chi connectivity index (χ2n) is 5.35. The van der Waals surface area contributed by atoms with E-state index in [1.807, 2.05) is 0 Å². The van der Waals surface area contributed by atoms with Crippen molar-refractivity contribution in [2.24, 2.45) is 0 Å². The van der Waals surface area contributed by atoms with E-state index in [0.29, 0.717) is 11.1 Å². The fourth-order valence-electron chi connectivity index (χ4n) is 2.21. The number of carbonyl (C=O) groups excluding carboxylic acids is 4. The zero-order valence-electron chi connectivity index (χ0n) is 13.4. The molecule has 7 nitrogen and oxygen atoms in total. The summed E-state index contributed by atoms with van der Waals surface area (Å²) in [4.78, 5) is 48.3. The lowest BCUT2D eigenvalue weighted by Crippen LogP contribution is -2.33. The number of amides is 2. The third-order valence-electron chi connectivity index (χ3n) is 3.34. The molecule has 2 rings (SSSR count). The van der Waals surface area contributed by atoms with Gasteiger partial charge >= 0.3 is 5.97 Å². The standard InChI is InChI=1S/C16H14Cl3NO6/c17-16(18,19)9-26-13(22)7-10(21)8-25-6-5-20-14(23)11-3-1-2-4-12(11)15(20)24/h1-4H,5-9H2. The molecule has 2 amide bonds. The van der Waals surface area contributed by atoms with Gasteiger partial charge in [0.05, 0.1) is 24.3 Å². The molecule has 0 saturated heterocycles. The van der Waals surface area contributed by atoms with Crippen LogP contribution < -0.4 is 0 Å². The summed E-state index contributed by atoms with van der Waals surface area (Å²) in [5.74, 6) is -2.20. The molecular weight excluding hydrogens is 409 g/mol. The van der Waals surface area contributed by atoms with Crippen molar-refractivity contribution in [3.05, 3.63) is 35.4 Å². The molecule has 0 spiro atoms. The van der Waals surface area contributed by atoms with Gasteiger partial charge in [-0.05, 0) is 12.1 Å². The van der Waals surface area contributed by atoms with E-state index in [-0.39, 0.29) is 19.8 Å². The number of esters is 1. The van der Waals surface area contributed by atoms with Crippen molar-refractivity contribution in [2.75, 3.05) is 26.4 Å². The van der Waals surface area contributed by atoms with E-state index in [1.54, 1.807) is 24.3 Å². The molecule has 0 unspecified atom stereocenters. The largest absolute Gasteiger partial charge is 0.461 e. The van der Waals surface area contributed by atoms with Crippen molar-refractivity contribution in [1.29, 1.82) is 0 Å². The average Bonchev–Trinajstić information content (AvgIpc) is 2.81. The zero-order valence-corrected chi connectivity index (χ0v) is 15.6. The number of fused-ring (bicyclic) bond motifs is 1. The normalized spacial score (nSPS) is 13.7. The number of carbonyl (C=O) groups is 4. The van der Waals surface area contributed by atoms with Gasteiger partial charge in [0.1, 0.15) is 19.6 Å². The fourth-order valence-corrected chi connectivity index (χ4v) is 2.37. The number of rotatable bonds is 8. The summed E-state index contributed by atoms with van der Waals surface area (Å²) in [5, 5.41) is 0. The minimum Gasteiger partial charge on any atom is -0.461 e. The predicted octanol–water partition coefficient (Wildman–Crippen LogP) is 2.17. The highest BCUT2D eigenvalue weighted by Gasteiger charge is 2.34. The molecule has 0 bridgehead atoms. The minimum absolute atomic E-state index is 0.00264. The third-order valence-corrected chi connectivity index (χ3v) is 3.67. The summed E-state index contributed by atoms with van der Waals surface area (Å²) >= 11 is 16.3. The topological polar surface area (TPSA) is 90.0 Å². The number of nitrogens with zero attached hydrogens (tertiary/aromatic N) is 1. The van der Waals surface area contributed by atoms with Crippen LogP contribution >= 0.6 is 34.8 Å². The molecule has 0 atom stereocenters. The fraction of sp³-hybridized carbons (Fsp3) is 0.375. The Balaban J connectivity index is 1.69. The van der Waals surface area contributed by atoms with Gasteiger partial charge < -0.3 is 9.47 Å². The number of ether oxygens (including phenoxy) is 2. The van der Waals surface area contributed by atoms with Crippen molar-refractivity contribution in [3.8, 4) is 0 Å². The van der Waals surface area contributed by atoms with Crippen LogP contribution in [0.5, 0.6) is 0 Å². The van der Waals surface area contributed by atoms with E-state index in [0.717, 1.165) is 4.90 Å². The Bertz CT molecular complexity index is 696. The number of ketones is 1. The summed E-state index contributed by atoms with van der Waals surface area (Å²) in [6, 6.07) is 6.49. The molecule has 0 saturated carbocycles. The van der Waals surface area contributed by atoms with Gasteiger partial charge in [-0.15, -0.1) is 0 Å². The molecule has 1 aliphatic heterocycles. The smallest absolute Gasteiger partial charge is 0.313 e. The summed E-state index contributed by atoms with van der Waals surface area (Å²) in [6.45, 7) is -0.881. The van der Waals surface area contributed by atoms with Gasteiger partial charge in [-0.2, -0.15) is 0 Å². The number of benzene rings is 1. The van der Waals surface area contributed by atoms with Gasteiger partial charge in [0, 0.05) is 0 Å². The molecule has 0 aliphatic carbocycles. The molecule has 26 heavy (non-hydrogen) atoms. The number of hydrogen-bond acceptors (Lipinski definition) is 6. The van der Waals surface area contributed by atoms with E-state index in [2.05, 4.69) is 4.74 Å². The van der Waals surface area contributed by atoms with Crippen molar-refractivity contribution < 1.29 is 28.7 Å². The molecule has 0 N–H and O–H groups in total. The first kappa shape index (κ1) is 20.6. The first-order valence-corrected chi connectivity index (χ1v) is 8.59. The van der Waals surface area contributed by atoms with E-state index < -0.39 is 40.4 Å². The van der Waals surface area contributed by atoms with Crippen LogP contribution in [0.1, 0.15) is 27.1 Å². The summed E-state index contributed by atoms with van der Waals surface area (Å²) in [7, 11) is 0. The molecule has 0 radical (unpaired) electrons.